The Hall–Kier alpha value is -0.500. The molecule has 1 atom stereocenters. The second-order valence-corrected chi connectivity index (χ2v) is 6.78. The summed E-state index contributed by atoms with van der Waals surface area (Å²) in [7, 11) is 0. The SMILES string of the molecule is Cc1ccc(C)c(CC(Br)c2cc(Cl)cc(Cl)c2)c1. The van der Waals surface area contributed by atoms with E-state index < -0.39 is 0 Å². The van der Waals surface area contributed by atoms with Gasteiger partial charge in [0.05, 0.1) is 0 Å². The maximum atomic E-state index is 6.05. The fourth-order valence-corrected chi connectivity index (χ4v) is 3.24. The molecule has 100 valence electrons. The molecule has 0 aliphatic rings. The maximum Gasteiger partial charge on any atom is 0.0436 e. The molecule has 0 spiro atoms. The summed E-state index contributed by atoms with van der Waals surface area (Å²) in [5.74, 6) is 0. The molecule has 0 aromatic heterocycles. The minimum atomic E-state index is 0.212. The molecule has 2 aromatic carbocycles. The van der Waals surface area contributed by atoms with E-state index >= 15 is 0 Å². The summed E-state index contributed by atoms with van der Waals surface area (Å²) in [6.07, 6.45) is 0.921. The summed E-state index contributed by atoms with van der Waals surface area (Å²) in [6, 6.07) is 12.2. The predicted octanol–water partition coefficient (Wildman–Crippen LogP) is 6.29. The summed E-state index contributed by atoms with van der Waals surface area (Å²) in [5.41, 5.74) is 5.05. The van der Waals surface area contributed by atoms with Crippen molar-refractivity contribution in [3.63, 3.8) is 0 Å². The van der Waals surface area contributed by atoms with Crippen molar-refractivity contribution >= 4 is 39.1 Å². The number of hydrogen-bond acceptors (Lipinski definition) is 0. The van der Waals surface area contributed by atoms with Crippen LogP contribution in [0.4, 0.5) is 0 Å². The molecule has 0 radical (unpaired) electrons. The smallest absolute Gasteiger partial charge is 0.0436 e. The van der Waals surface area contributed by atoms with E-state index in [1.54, 1.807) is 6.07 Å². The van der Waals surface area contributed by atoms with Crippen molar-refractivity contribution in [2.45, 2.75) is 25.1 Å². The fourth-order valence-electron chi connectivity index (χ4n) is 2.09. The Kier molecular flexibility index (Phi) is 4.94. The lowest BCUT2D eigenvalue weighted by atomic mass is 9.99. The van der Waals surface area contributed by atoms with Gasteiger partial charge in [-0.1, -0.05) is 62.9 Å². The summed E-state index contributed by atoms with van der Waals surface area (Å²) < 4.78 is 0. The van der Waals surface area contributed by atoms with Crippen molar-refractivity contribution in [3.8, 4) is 0 Å². The van der Waals surface area contributed by atoms with Crippen LogP contribution in [0.3, 0.4) is 0 Å². The summed E-state index contributed by atoms with van der Waals surface area (Å²) in [6.45, 7) is 4.25. The lowest BCUT2D eigenvalue weighted by Gasteiger charge is -2.14. The van der Waals surface area contributed by atoms with Crippen LogP contribution in [-0.4, -0.2) is 0 Å². The van der Waals surface area contributed by atoms with E-state index in [2.05, 4.69) is 48.0 Å². The Morgan fingerprint density at radius 3 is 2.26 bits per heavy atom. The van der Waals surface area contributed by atoms with Crippen LogP contribution in [0, 0.1) is 13.8 Å². The van der Waals surface area contributed by atoms with Gasteiger partial charge in [-0.3, -0.25) is 0 Å². The van der Waals surface area contributed by atoms with Crippen molar-refractivity contribution in [3.05, 3.63) is 68.7 Å². The van der Waals surface area contributed by atoms with Gasteiger partial charge in [0, 0.05) is 14.9 Å². The molecule has 0 saturated heterocycles. The minimum absolute atomic E-state index is 0.212. The zero-order chi connectivity index (χ0) is 14.0. The molecule has 19 heavy (non-hydrogen) atoms. The zero-order valence-corrected chi connectivity index (χ0v) is 14.0. The third-order valence-corrected chi connectivity index (χ3v) is 4.44. The molecular formula is C16H15BrCl2. The van der Waals surface area contributed by atoms with Gasteiger partial charge < -0.3 is 0 Å². The molecule has 0 amide bonds. The Morgan fingerprint density at radius 1 is 1.00 bits per heavy atom. The fraction of sp³-hybridized carbons (Fsp3) is 0.250. The molecule has 0 nitrogen and oxygen atoms in total. The highest BCUT2D eigenvalue weighted by molar-refractivity contribution is 9.09. The van der Waals surface area contributed by atoms with E-state index in [0.717, 1.165) is 12.0 Å². The zero-order valence-electron chi connectivity index (χ0n) is 10.9. The average Bonchev–Trinajstić information content (AvgIpc) is 2.32. The van der Waals surface area contributed by atoms with Gasteiger partial charge in [0.15, 0.2) is 0 Å². The van der Waals surface area contributed by atoms with Gasteiger partial charge >= 0.3 is 0 Å². The molecular weight excluding hydrogens is 343 g/mol. The number of alkyl halides is 1. The number of hydrogen-bond donors (Lipinski definition) is 0. The van der Waals surface area contributed by atoms with Gasteiger partial charge in [-0.15, -0.1) is 0 Å². The molecule has 0 aliphatic carbocycles. The van der Waals surface area contributed by atoms with Gasteiger partial charge in [0.25, 0.3) is 0 Å². The highest BCUT2D eigenvalue weighted by Crippen LogP contribution is 2.32. The first-order valence-electron chi connectivity index (χ1n) is 6.12. The maximum absolute atomic E-state index is 6.05. The third-order valence-electron chi connectivity index (χ3n) is 3.15. The summed E-state index contributed by atoms with van der Waals surface area (Å²) in [4.78, 5) is 0.212. The molecule has 2 aromatic rings. The lowest BCUT2D eigenvalue weighted by Crippen LogP contribution is -1.98. The quantitative estimate of drug-likeness (QED) is 0.566. The van der Waals surface area contributed by atoms with Crippen LogP contribution in [0.2, 0.25) is 10.0 Å². The molecule has 0 N–H and O–H groups in total. The normalized spacial score (nSPS) is 12.5. The van der Waals surface area contributed by atoms with Crippen molar-refractivity contribution in [1.82, 2.24) is 0 Å². The highest BCUT2D eigenvalue weighted by atomic mass is 79.9. The first kappa shape index (κ1) is 14.9. The summed E-state index contributed by atoms with van der Waals surface area (Å²) >= 11 is 15.8. The second kappa shape index (κ2) is 6.30. The molecule has 0 bridgehead atoms. The van der Waals surface area contributed by atoms with Crippen LogP contribution in [0.15, 0.2) is 36.4 Å². The van der Waals surface area contributed by atoms with Crippen molar-refractivity contribution in [2.75, 3.05) is 0 Å². The molecule has 0 aliphatic heterocycles. The third kappa shape index (κ3) is 3.98. The highest BCUT2D eigenvalue weighted by Gasteiger charge is 2.12. The predicted molar refractivity (Wildman–Crippen MR) is 87.8 cm³/mol. The van der Waals surface area contributed by atoms with Crippen LogP contribution in [0.1, 0.15) is 27.1 Å². The van der Waals surface area contributed by atoms with Crippen LogP contribution in [-0.2, 0) is 6.42 Å². The van der Waals surface area contributed by atoms with E-state index in [-0.39, 0.29) is 4.83 Å². The van der Waals surface area contributed by atoms with Gasteiger partial charge in [-0.2, -0.15) is 0 Å². The lowest BCUT2D eigenvalue weighted by molar-refractivity contribution is 0.936. The Morgan fingerprint density at radius 2 is 1.63 bits per heavy atom. The van der Waals surface area contributed by atoms with Crippen LogP contribution < -0.4 is 0 Å². The van der Waals surface area contributed by atoms with Gasteiger partial charge in [-0.25, -0.2) is 0 Å². The Labute approximate surface area is 132 Å². The van der Waals surface area contributed by atoms with E-state index in [0.29, 0.717) is 10.0 Å². The second-order valence-electron chi connectivity index (χ2n) is 4.80. The monoisotopic (exact) mass is 356 g/mol. The number of rotatable bonds is 3. The van der Waals surface area contributed by atoms with Gasteiger partial charge in [0.2, 0.25) is 0 Å². The molecule has 2 rings (SSSR count). The van der Waals surface area contributed by atoms with Gasteiger partial charge in [-0.05, 0) is 55.2 Å². The van der Waals surface area contributed by atoms with E-state index in [1.165, 1.54) is 16.7 Å². The molecule has 0 fully saturated rings. The molecule has 1 unspecified atom stereocenters. The largest absolute Gasteiger partial charge is 0.0843 e. The number of aryl methyl sites for hydroxylation is 2. The van der Waals surface area contributed by atoms with Gasteiger partial charge in [0.1, 0.15) is 0 Å². The van der Waals surface area contributed by atoms with E-state index in [1.807, 2.05) is 12.1 Å². The Balaban J connectivity index is 2.25. The number of halogens is 3. The van der Waals surface area contributed by atoms with Crippen molar-refractivity contribution in [1.29, 1.82) is 0 Å². The van der Waals surface area contributed by atoms with Crippen molar-refractivity contribution < 1.29 is 0 Å². The molecule has 0 heterocycles. The average molecular weight is 358 g/mol. The van der Waals surface area contributed by atoms with Crippen LogP contribution in [0.25, 0.3) is 0 Å². The van der Waals surface area contributed by atoms with E-state index in [9.17, 15) is 0 Å². The minimum Gasteiger partial charge on any atom is -0.0843 e. The molecule has 3 heteroatoms. The van der Waals surface area contributed by atoms with Crippen LogP contribution in [0.5, 0.6) is 0 Å². The standard InChI is InChI=1S/C16H15BrCl2/c1-10-3-4-11(2)12(5-10)8-16(17)13-6-14(18)9-15(19)7-13/h3-7,9,16H,8H2,1-2H3. The number of benzene rings is 2. The molecule has 0 saturated carbocycles. The summed E-state index contributed by atoms with van der Waals surface area (Å²) in [5, 5.41) is 1.35. The topological polar surface area (TPSA) is 0 Å². The Bertz CT molecular complexity index is 573. The van der Waals surface area contributed by atoms with Crippen LogP contribution >= 0.6 is 39.1 Å². The van der Waals surface area contributed by atoms with Crippen molar-refractivity contribution in [2.24, 2.45) is 0 Å². The first-order chi connectivity index (χ1) is 8.95. The van der Waals surface area contributed by atoms with E-state index in [4.69, 9.17) is 23.2 Å². The first-order valence-corrected chi connectivity index (χ1v) is 7.79.